The molecule has 1 atom stereocenters. The average Bonchev–Trinajstić information content (AvgIpc) is 2.71. The predicted molar refractivity (Wildman–Crippen MR) is 95.9 cm³/mol. The van der Waals surface area contributed by atoms with Gasteiger partial charge in [-0.05, 0) is 18.1 Å². The lowest BCUT2D eigenvalue weighted by molar-refractivity contribution is -0.385. The molecule has 25 heavy (non-hydrogen) atoms. The number of aromatic nitrogens is 1. The summed E-state index contributed by atoms with van der Waals surface area (Å²) in [4.78, 5) is 31.1. The summed E-state index contributed by atoms with van der Waals surface area (Å²) in [5.74, 6) is -0.184. The van der Waals surface area contributed by atoms with Crippen LogP contribution in [0.15, 0.2) is 36.5 Å². The number of rotatable bonds is 2. The fourth-order valence-corrected chi connectivity index (χ4v) is 3.12. The lowest BCUT2D eigenvalue weighted by Crippen LogP contribution is -2.35. The van der Waals surface area contributed by atoms with Crippen LogP contribution in [0.4, 0.5) is 22.9 Å². The SMILES string of the molecule is C[C@H]1CN(C)c2ccccc2N(C(=O)c2cc([N+](=O)[O-])cnc2N)C1. The van der Waals surface area contributed by atoms with Gasteiger partial charge in [-0.3, -0.25) is 14.9 Å². The molecule has 0 saturated heterocycles. The third-order valence-electron chi connectivity index (χ3n) is 4.25. The number of nitro groups is 1. The van der Waals surface area contributed by atoms with E-state index < -0.39 is 4.92 Å². The molecule has 0 saturated carbocycles. The van der Waals surface area contributed by atoms with Gasteiger partial charge in [0, 0.05) is 26.2 Å². The lowest BCUT2D eigenvalue weighted by Gasteiger charge is -2.24. The molecule has 0 fully saturated rings. The Kier molecular flexibility index (Phi) is 4.26. The Bertz CT molecular complexity index is 839. The van der Waals surface area contributed by atoms with Gasteiger partial charge >= 0.3 is 0 Å². The second-order valence-corrected chi connectivity index (χ2v) is 6.27. The second-order valence-electron chi connectivity index (χ2n) is 6.27. The van der Waals surface area contributed by atoms with E-state index in [9.17, 15) is 14.9 Å². The van der Waals surface area contributed by atoms with Crippen molar-refractivity contribution in [1.29, 1.82) is 0 Å². The van der Waals surface area contributed by atoms with Crippen molar-refractivity contribution in [1.82, 2.24) is 4.98 Å². The fourth-order valence-electron chi connectivity index (χ4n) is 3.12. The van der Waals surface area contributed by atoms with Crippen LogP contribution >= 0.6 is 0 Å². The monoisotopic (exact) mass is 341 g/mol. The first-order valence-electron chi connectivity index (χ1n) is 7.90. The van der Waals surface area contributed by atoms with Crippen LogP contribution in [-0.4, -0.2) is 36.0 Å². The summed E-state index contributed by atoms with van der Waals surface area (Å²) in [5.41, 5.74) is 7.29. The van der Waals surface area contributed by atoms with E-state index in [-0.39, 0.29) is 28.9 Å². The van der Waals surface area contributed by atoms with Crippen molar-refractivity contribution in [3.63, 3.8) is 0 Å². The van der Waals surface area contributed by atoms with Crippen molar-refractivity contribution in [2.75, 3.05) is 35.7 Å². The van der Waals surface area contributed by atoms with Crippen molar-refractivity contribution in [2.24, 2.45) is 5.92 Å². The van der Waals surface area contributed by atoms with Crippen molar-refractivity contribution in [2.45, 2.75) is 6.92 Å². The van der Waals surface area contributed by atoms with Gasteiger partial charge in [-0.2, -0.15) is 0 Å². The Balaban J connectivity index is 2.08. The molecular formula is C17H19N5O3. The molecule has 0 unspecified atom stereocenters. The van der Waals surface area contributed by atoms with Gasteiger partial charge in [0.1, 0.15) is 12.0 Å². The normalized spacial score (nSPS) is 17.0. The standard InChI is InChI=1S/C17H19N5O3/c1-11-9-20(2)14-5-3-4-6-15(14)21(10-11)17(23)13-7-12(22(24)25)8-19-16(13)18/h3-8,11H,9-10H2,1-2H3,(H2,18,19)/t11-/m0/s1. The Morgan fingerprint density at radius 3 is 2.68 bits per heavy atom. The highest BCUT2D eigenvalue weighted by molar-refractivity contribution is 6.10. The zero-order valence-electron chi connectivity index (χ0n) is 14.0. The number of para-hydroxylation sites is 2. The minimum absolute atomic E-state index is 0.0154. The first kappa shape index (κ1) is 16.7. The van der Waals surface area contributed by atoms with Crippen molar-refractivity contribution in [3.8, 4) is 0 Å². The quantitative estimate of drug-likeness (QED) is 0.664. The number of carbonyl (C=O) groups is 1. The van der Waals surface area contributed by atoms with E-state index in [0.29, 0.717) is 6.54 Å². The van der Waals surface area contributed by atoms with E-state index in [4.69, 9.17) is 5.73 Å². The molecule has 2 heterocycles. The fraction of sp³-hybridized carbons (Fsp3) is 0.294. The Labute approximate surface area is 145 Å². The number of carbonyl (C=O) groups excluding carboxylic acids is 1. The molecule has 8 nitrogen and oxygen atoms in total. The maximum Gasteiger partial charge on any atom is 0.288 e. The van der Waals surface area contributed by atoms with Crippen LogP contribution in [-0.2, 0) is 0 Å². The molecule has 0 bridgehead atoms. The van der Waals surface area contributed by atoms with Gasteiger partial charge in [-0.25, -0.2) is 4.98 Å². The minimum atomic E-state index is -0.587. The van der Waals surface area contributed by atoms with Crippen LogP contribution in [0.3, 0.4) is 0 Å². The maximum absolute atomic E-state index is 13.1. The summed E-state index contributed by atoms with van der Waals surface area (Å²) in [7, 11) is 1.98. The number of amides is 1. The van der Waals surface area contributed by atoms with E-state index in [1.54, 1.807) is 4.90 Å². The number of pyridine rings is 1. The highest BCUT2D eigenvalue weighted by Gasteiger charge is 2.29. The first-order valence-corrected chi connectivity index (χ1v) is 7.90. The first-order chi connectivity index (χ1) is 11.9. The number of anilines is 3. The van der Waals surface area contributed by atoms with Crippen LogP contribution in [0.1, 0.15) is 17.3 Å². The molecule has 0 spiro atoms. The van der Waals surface area contributed by atoms with Crippen LogP contribution in [0.2, 0.25) is 0 Å². The summed E-state index contributed by atoms with van der Waals surface area (Å²) in [6.07, 6.45) is 1.05. The van der Waals surface area contributed by atoms with Crippen molar-refractivity contribution >= 4 is 28.8 Å². The van der Waals surface area contributed by atoms with Gasteiger partial charge in [-0.15, -0.1) is 0 Å². The number of nitrogen functional groups attached to an aromatic ring is 1. The maximum atomic E-state index is 13.1. The van der Waals surface area contributed by atoms with Crippen LogP contribution < -0.4 is 15.5 Å². The summed E-state index contributed by atoms with van der Waals surface area (Å²) in [5, 5.41) is 11.0. The predicted octanol–water partition coefficient (Wildman–Crippen LogP) is 2.30. The Morgan fingerprint density at radius 1 is 1.32 bits per heavy atom. The van der Waals surface area contributed by atoms with Crippen LogP contribution in [0.5, 0.6) is 0 Å². The molecule has 130 valence electrons. The zero-order valence-corrected chi connectivity index (χ0v) is 14.0. The molecule has 1 aromatic heterocycles. The van der Waals surface area contributed by atoms with Crippen molar-refractivity contribution in [3.05, 3.63) is 52.2 Å². The number of hydrogen-bond acceptors (Lipinski definition) is 6. The summed E-state index contributed by atoms with van der Waals surface area (Å²) < 4.78 is 0. The smallest absolute Gasteiger partial charge is 0.288 e. The van der Waals surface area contributed by atoms with Gasteiger partial charge < -0.3 is 15.5 Å². The van der Waals surface area contributed by atoms with Gasteiger partial charge in [0.15, 0.2) is 0 Å². The van der Waals surface area contributed by atoms with Crippen LogP contribution in [0.25, 0.3) is 0 Å². The molecule has 0 aliphatic carbocycles. The molecule has 2 N–H and O–H groups in total. The molecule has 1 aliphatic rings. The molecule has 0 radical (unpaired) electrons. The number of hydrogen-bond donors (Lipinski definition) is 1. The molecule has 1 amide bonds. The third kappa shape index (κ3) is 3.10. The number of nitrogens with two attached hydrogens (primary N) is 1. The summed E-state index contributed by atoms with van der Waals surface area (Å²) in [6.45, 7) is 3.34. The van der Waals surface area contributed by atoms with E-state index in [1.165, 1.54) is 6.07 Å². The van der Waals surface area contributed by atoms with E-state index >= 15 is 0 Å². The Hall–Kier alpha value is -3.16. The molecular weight excluding hydrogens is 322 g/mol. The van der Waals surface area contributed by atoms with E-state index in [0.717, 1.165) is 24.1 Å². The Morgan fingerprint density at radius 2 is 2.00 bits per heavy atom. The molecule has 1 aliphatic heterocycles. The van der Waals surface area contributed by atoms with Crippen LogP contribution in [0, 0.1) is 16.0 Å². The highest BCUT2D eigenvalue weighted by atomic mass is 16.6. The number of nitrogens with zero attached hydrogens (tertiary/aromatic N) is 4. The van der Waals surface area contributed by atoms with Gasteiger partial charge in [-0.1, -0.05) is 19.1 Å². The number of fused-ring (bicyclic) bond motifs is 1. The third-order valence-corrected chi connectivity index (χ3v) is 4.25. The highest BCUT2D eigenvalue weighted by Crippen LogP contribution is 2.34. The molecule has 3 rings (SSSR count). The topological polar surface area (TPSA) is 106 Å². The van der Waals surface area contributed by atoms with Gasteiger partial charge in [0.05, 0.1) is 21.9 Å². The molecule has 8 heteroatoms. The van der Waals surface area contributed by atoms with Gasteiger partial charge in [0.25, 0.3) is 11.6 Å². The summed E-state index contributed by atoms with van der Waals surface area (Å²) >= 11 is 0. The van der Waals surface area contributed by atoms with E-state index in [1.807, 2.05) is 31.3 Å². The largest absolute Gasteiger partial charge is 0.383 e. The van der Waals surface area contributed by atoms with Gasteiger partial charge in [0.2, 0.25) is 0 Å². The van der Waals surface area contributed by atoms with Crippen molar-refractivity contribution < 1.29 is 9.72 Å². The molecule has 2 aromatic rings. The minimum Gasteiger partial charge on any atom is -0.383 e. The van der Waals surface area contributed by atoms with E-state index in [2.05, 4.69) is 16.8 Å². The summed E-state index contributed by atoms with van der Waals surface area (Å²) in [6, 6.07) is 8.77. The second kappa shape index (κ2) is 6.39. The lowest BCUT2D eigenvalue weighted by atomic mass is 10.1. The zero-order chi connectivity index (χ0) is 18.1. The average molecular weight is 341 g/mol. The molecule has 1 aromatic carbocycles. The number of benzene rings is 1.